The summed E-state index contributed by atoms with van der Waals surface area (Å²) in [5.41, 5.74) is 2.82. The Hall–Kier alpha value is -3.22. The number of carbonyl (C=O) groups excluding carboxylic acids is 1. The molecule has 4 rings (SSSR count). The molecule has 2 aromatic heterocycles. The van der Waals surface area contributed by atoms with Gasteiger partial charge in [0.15, 0.2) is 0 Å². The lowest BCUT2D eigenvalue weighted by molar-refractivity contribution is -0.141. The van der Waals surface area contributed by atoms with Gasteiger partial charge in [-0.1, -0.05) is 6.07 Å². The van der Waals surface area contributed by atoms with Crippen LogP contribution in [-0.4, -0.2) is 49.9 Å². The lowest BCUT2D eigenvalue weighted by Crippen LogP contribution is -2.29. The molecule has 1 fully saturated rings. The van der Waals surface area contributed by atoms with Crippen molar-refractivity contribution in [1.82, 2.24) is 19.9 Å². The Bertz CT molecular complexity index is 983. The molecule has 7 nitrogen and oxygen atoms in total. The maximum absolute atomic E-state index is 12.9. The second-order valence-corrected chi connectivity index (χ2v) is 6.57. The number of fused-ring (bicyclic) bond motifs is 1. The average molecular weight is 350 g/mol. The first-order chi connectivity index (χ1) is 12.5. The Morgan fingerprint density at radius 3 is 2.81 bits per heavy atom. The molecule has 26 heavy (non-hydrogen) atoms. The maximum Gasteiger partial charge on any atom is 0.309 e. The van der Waals surface area contributed by atoms with Gasteiger partial charge in [-0.05, 0) is 37.3 Å². The number of aryl methyl sites for hydroxylation is 1. The van der Waals surface area contributed by atoms with E-state index in [0.717, 1.165) is 16.9 Å². The van der Waals surface area contributed by atoms with Crippen molar-refractivity contribution in [2.75, 3.05) is 13.1 Å². The van der Waals surface area contributed by atoms with E-state index in [9.17, 15) is 14.7 Å². The quantitative estimate of drug-likeness (QED) is 0.754. The number of H-pyrrole nitrogens is 1. The molecule has 2 atom stereocenters. The fourth-order valence-electron chi connectivity index (χ4n) is 3.57. The second kappa shape index (κ2) is 6.25. The van der Waals surface area contributed by atoms with E-state index in [0.29, 0.717) is 17.8 Å². The number of aliphatic carboxylic acids is 1. The second-order valence-electron chi connectivity index (χ2n) is 6.57. The highest BCUT2D eigenvalue weighted by atomic mass is 16.4. The van der Waals surface area contributed by atoms with Gasteiger partial charge in [0, 0.05) is 36.5 Å². The number of nitrogens with one attached hydrogen (secondary N) is 1. The number of carbonyl (C=O) groups is 2. The molecule has 0 aliphatic carbocycles. The average Bonchev–Trinajstić information content (AvgIpc) is 3.24. The number of benzene rings is 1. The summed E-state index contributed by atoms with van der Waals surface area (Å²) in [5.74, 6) is -1.27. The van der Waals surface area contributed by atoms with E-state index in [1.165, 1.54) is 0 Å². The highest BCUT2D eigenvalue weighted by molar-refractivity contribution is 5.98. The number of carboxylic acid groups (broad SMARTS) is 1. The largest absolute Gasteiger partial charge is 0.481 e. The molecule has 1 aromatic carbocycles. The zero-order valence-electron chi connectivity index (χ0n) is 14.2. The minimum absolute atomic E-state index is 0.176. The summed E-state index contributed by atoms with van der Waals surface area (Å²) in [6, 6.07) is 10.7. The summed E-state index contributed by atoms with van der Waals surface area (Å²) in [5, 5.41) is 9.58. The van der Waals surface area contributed by atoms with Crippen molar-refractivity contribution < 1.29 is 14.7 Å². The number of aromatic nitrogens is 3. The van der Waals surface area contributed by atoms with Gasteiger partial charge >= 0.3 is 5.97 Å². The molecule has 1 aliphatic heterocycles. The van der Waals surface area contributed by atoms with Crippen molar-refractivity contribution in [3.8, 4) is 0 Å². The Balaban J connectivity index is 1.62. The van der Waals surface area contributed by atoms with Crippen molar-refractivity contribution in [2.24, 2.45) is 5.92 Å². The predicted octanol–water partition coefficient (Wildman–Crippen LogP) is 2.21. The predicted molar refractivity (Wildman–Crippen MR) is 94.8 cm³/mol. The SMILES string of the molecule is Cc1nc2ccc(C(=O)N3C[C@@H](C(=O)O)[C@H](c4ccccn4)C3)cc2[nH]1. The van der Waals surface area contributed by atoms with Crippen molar-refractivity contribution in [3.63, 3.8) is 0 Å². The third-order valence-corrected chi connectivity index (χ3v) is 4.84. The van der Waals surface area contributed by atoms with Crippen LogP contribution in [-0.2, 0) is 4.79 Å². The van der Waals surface area contributed by atoms with Gasteiger partial charge in [0.1, 0.15) is 5.82 Å². The van der Waals surface area contributed by atoms with E-state index in [1.807, 2.05) is 19.1 Å². The Morgan fingerprint density at radius 1 is 1.23 bits per heavy atom. The molecule has 1 amide bonds. The van der Waals surface area contributed by atoms with Crippen LogP contribution >= 0.6 is 0 Å². The number of rotatable bonds is 3. The summed E-state index contributed by atoms with van der Waals surface area (Å²) < 4.78 is 0. The standard InChI is InChI=1S/C19H18N4O3/c1-11-21-16-6-5-12(8-17(16)22-11)18(24)23-9-13(14(10-23)19(25)26)15-4-2-3-7-20-15/h2-8,13-14H,9-10H2,1H3,(H,21,22)(H,25,26)/t13-,14-/m1/s1. The highest BCUT2D eigenvalue weighted by Crippen LogP contribution is 2.32. The number of carboxylic acids is 1. The van der Waals surface area contributed by atoms with E-state index < -0.39 is 11.9 Å². The number of hydrogen-bond acceptors (Lipinski definition) is 4. The van der Waals surface area contributed by atoms with Crippen LogP contribution in [0, 0.1) is 12.8 Å². The molecular formula is C19H18N4O3. The van der Waals surface area contributed by atoms with Crippen molar-refractivity contribution in [3.05, 3.63) is 59.7 Å². The van der Waals surface area contributed by atoms with Gasteiger partial charge in [-0.2, -0.15) is 0 Å². The van der Waals surface area contributed by atoms with Crippen molar-refractivity contribution >= 4 is 22.9 Å². The molecule has 1 aliphatic rings. The number of pyridine rings is 1. The van der Waals surface area contributed by atoms with Crippen molar-refractivity contribution in [2.45, 2.75) is 12.8 Å². The normalized spacial score (nSPS) is 19.8. The van der Waals surface area contributed by atoms with Crippen LogP contribution in [0.15, 0.2) is 42.6 Å². The van der Waals surface area contributed by atoms with E-state index in [2.05, 4.69) is 15.0 Å². The van der Waals surface area contributed by atoms with Crippen LogP contribution in [0.2, 0.25) is 0 Å². The van der Waals surface area contributed by atoms with Crippen LogP contribution in [0.4, 0.5) is 0 Å². The van der Waals surface area contributed by atoms with Gasteiger partial charge in [-0.25, -0.2) is 4.98 Å². The van der Waals surface area contributed by atoms with Crippen LogP contribution in [0.25, 0.3) is 11.0 Å². The topological polar surface area (TPSA) is 99.2 Å². The number of aromatic amines is 1. The molecule has 7 heteroatoms. The van der Waals surface area contributed by atoms with E-state index in [-0.39, 0.29) is 18.4 Å². The van der Waals surface area contributed by atoms with Crippen LogP contribution < -0.4 is 0 Å². The molecule has 2 N–H and O–H groups in total. The number of nitrogens with zero attached hydrogens (tertiary/aromatic N) is 3. The van der Waals surface area contributed by atoms with Gasteiger partial charge in [0.05, 0.1) is 17.0 Å². The molecule has 3 aromatic rings. The van der Waals surface area contributed by atoms with Gasteiger partial charge in [0.25, 0.3) is 5.91 Å². The van der Waals surface area contributed by atoms with Gasteiger partial charge in [-0.3, -0.25) is 14.6 Å². The maximum atomic E-state index is 12.9. The number of hydrogen-bond donors (Lipinski definition) is 2. The first-order valence-electron chi connectivity index (χ1n) is 8.42. The lowest BCUT2D eigenvalue weighted by Gasteiger charge is -2.16. The van der Waals surface area contributed by atoms with Crippen LogP contribution in [0.1, 0.15) is 27.8 Å². The summed E-state index contributed by atoms with van der Waals surface area (Å²) in [6.07, 6.45) is 1.65. The minimum Gasteiger partial charge on any atom is -0.481 e. The molecule has 132 valence electrons. The third kappa shape index (κ3) is 2.81. The molecule has 3 heterocycles. The van der Waals surface area contributed by atoms with Crippen molar-refractivity contribution in [1.29, 1.82) is 0 Å². The zero-order chi connectivity index (χ0) is 18.3. The molecule has 0 saturated carbocycles. The lowest BCUT2D eigenvalue weighted by atomic mass is 9.93. The highest BCUT2D eigenvalue weighted by Gasteiger charge is 2.41. The van der Waals surface area contributed by atoms with Gasteiger partial charge in [-0.15, -0.1) is 0 Å². The van der Waals surface area contributed by atoms with Crippen LogP contribution in [0.5, 0.6) is 0 Å². The van der Waals surface area contributed by atoms with E-state index in [4.69, 9.17) is 0 Å². The Labute approximate surface area is 149 Å². The molecule has 0 radical (unpaired) electrons. The summed E-state index contributed by atoms with van der Waals surface area (Å²) in [6.45, 7) is 2.37. The van der Waals surface area contributed by atoms with Crippen LogP contribution in [0.3, 0.4) is 0 Å². The number of amides is 1. The van der Waals surface area contributed by atoms with E-state index >= 15 is 0 Å². The fourth-order valence-corrected chi connectivity index (χ4v) is 3.57. The molecule has 1 saturated heterocycles. The fraction of sp³-hybridized carbons (Fsp3) is 0.263. The summed E-state index contributed by atoms with van der Waals surface area (Å²) >= 11 is 0. The van der Waals surface area contributed by atoms with E-state index in [1.54, 1.807) is 35.4 Å². The smallest absolute Gasteiger partial charge is 0.309 e. The Kier molecular flexibility index (Phi) is 3.91. The third-order valence-electron chi connectivity index (χ3n) is 4.84. The number of imidazole rings is 1. The molecule has 0 bridgehead atoms. The van der Waals surface area contributed by atoms with Gasteiger partial charge in [0.2, 0.25) is 0 Å². The number of likely N-dealkylation sites (tertiary alicyclic amines) is 1. The van der Waals surface area contributed by atoms with Gasteiger partial charge < -0.3 is 15.0 Å². The molecule has 0 unspecified atom stereocenters. The minimum atomic E-state index is -0.907. The summed E-state index contributed by atoms with van der Waals surface area (Å²) in [7, 11) is 0. The monoisotopic (exact) mass is 350 g/mol. The zero-order valence-corrected chi connectivity index (χ0v) is 14.2. The first kappa shape index (κ1) is 16.3. The summed E-state index contributed by atoms with van der Waals surface area (Å²) in [4.78, 5) is 37.9. The Morgan fingerprint density at radius 2 is 2.08 bits per heavy atom. The first-order valence-corrected chi connectivity index (χ1v) is 8.42. The molecular weight excluding hydrogens is 332 g/mol. The molecule has 0 spiro atoms.